The molecule has 3 rings (SSSR count). The van der Waals surface area contributed by atoms with Crippen molar-refractivity contribution in [3.63, 3.8) is 0 Å². The van der Waals surface area contributed by atoms with Gasteiger partial charge in [-0.1, -0.05) is 0 Å². The molecule has 2 heterocycles. The van der Waals surface area contributed by atoms with Crippen LogP contribution in [0.5, 0.6) is 0 Å². The highest BCUT2D eigenvalue weighted by atomic mass is 19.1. The molecule has 104 valence electrons. The third-order valence-corrected chi connectivity index (χ3v) is 3.90. The maximum atomic E-state index is 14.4. The molecule has 19 heavy (non-hydrogen) atoms. The first-order valence-electron chi connectivity index (χ1n) is 5.95. The zero-order valence-corrected chi connectivity index (χ0v) is 9.94. The predicted molar refractivity (Wildman–Crippen MR) is 62.2 cm³/mol. The summed E-state index contributed by atoms with van der Waals surface area (Å²) in [6, 6.07) is 0.894. The number of hydrogen-bond donors (Lipinski definition) is 3. The van der Waals surface area contributed by atoms with Gasteiger partial charge in [-0.2, -0.15) is 4.98 Å². The Balaban J connectivity index is 1.89. The molecule has 1 saturated carbocycles. The van der Waals surface area contributed by atoms with Crippen LogP contribution in [0.4, 0.5) is 10.2 Å². The largest absolute Gasteiger partial charge is 0.394 e. The van der Waals surface area contributed by atoms with E-state index in [1.54, 1.807) is 0 Å². The lowest BCUT2D eigenvalue weighted by molar-refractivity contribution is -0.124. The lowest BCUT2D eigenvalue weighted by Gasteiger charge is -2.45. The van der Waals surface area contributed by atoms with E-state index in [9.17, 15) is 14.3 Å². The van der Waals surface area contributed by atoms with E-state index in [2.05, 4.69) is 4.98 Å². The van der Waals surface area contributed by atoms with Crippen LogP contribution in [0, 0.1) is 0 Å². The number of ether oxygens (including phenoxy) is 1. The molecule has 0 bridgehead atoms. The van der Waals surface area contributed by atoms with Crippen molar-refractivity contribution in [2.45, 2.75) is 36.4 Å². The molecule has 2 aliphatic rings. The number of nitrogens with zero attached hydrogens (tertiary/aromatic N) is 2. The maximum Gasteiger partial charge on any atom is 0.349 e. The zero-order valence-electron chi connectivity index (χ0n) is 9.94. The Morgan fingerprint density at radius 3 is 3.05 bits per heavy atom. The van der Waals surface area contributed by atoms with Gasteiger partial charge in [0.05, 0.1) is 12.6 Å². The van der Waals surface area contributed by atoms with Gasteiger partial charge < -0.3 is 20.7 Å². The van der Waals surface area contributed by atoms with E-state index in [0.29, 0.717) is 0 Å². The van der Waals surface area contributed by atoms with Crippen molar-refractivity contribution in [2.24, 2.45) is 0 Å². The molecule has 4 N–H and O–H groups in total. The summed E-state index contributed by atoms with van der Waals surface area (Å²) >= 11 is 0. The number of rotatable bonds is 2. The normalized spacial score (nSPS) is 40.8. The highest BCUT2D eigenvalue weighted by Crippen LogP contribution is 2.53. The first kappa shape index (κ1) is 12.5. The summed E-state index contributed by atoms with van der Waals surface area (Å²) in [6.07, 6.45) is -1.92. The Morgan fingerprint density at radius 1 is 1.68 bits per heavy atom. The van der Waals surface area contributed by atoms with Gasteiger partial charge in [-0.3, -0.25) is 4.57 Å². The molecular formula is C11H14FN3O4. The number of nitrogens with two attached hydrogens (primary N) is 1. The monoisotopic (exact) mass is 271 g/mol. The molecule has 8 heteroatoms. The molecule has 1 aliphatic carbocycles. The summed E-state index contributed by atoms with van der Waals surface area (Å²) in [5, 5.41) is 18.7. The van der Waals surface area contributed by atoms with E-state index in [1.807, 2.05) is 0 Å². The van der Waals surface area contributed by atoms with E-state index < -0.39 is 42.3 Å². The van der Waals surface area contributed by atoms with Crippen LogP contribution in [0.2, 0.25) is 0 Å². The molecule has 0 amide bonds. The Morgan fingerprint density at radius 2 is 2.42 bits per heavy atom. The standard InChI is InChI=1S/C11H14FN3O4/c12-11-3-5(9(11)19-6(4-16)8(11)17)15-2-1-7(13)14-10(15)18/h1-2,5-6,8-9,16-17H,3-4H2,(H2,13,14,18)/t5?,6-,8?,9+,11+/m1/s1. The Hall–Kier alpha value is -1.51. The Labute approximate surface area is 107 Å². The van der Waals surface area contributed by atoms with Gasteiger partial charge in [0.25, 0.3) is 0 Å². The summed E-state index contributed by atoms with van der Waals surface area (Å²) < 4.78 is 20.9. The highest BCUT2D eigenvalue weighted by molar-refractivity contribution is 5.25. The third kappa shape index (κ3) is 1.60. The summed E-state index contributed by atoms with van der Waals surface area (Å²) in [5.74, 6) is 0.0905. The van der Waals surface area contributed by atoms with Crippen molar-refractivity contribution in [3.8, 4) is 0 Å². The maximum absolute atomic E-state index is 14.4. The summed E-state index contributed by atoms with van der Waals surface area (Å²) in [7, 11) is 0. The number of anilines is 1. The van der Waals surface area contributed by atoms with Crippen LogP contribution in [-0.4, -0.2) is 50.4 Å². The second kappa shape index (κ2) is 3.99. The van der Waals surface area contributed by atoms with Crippen molar-refractivity contribution in [1.82, 2.24) is 9.55 Å². The quantitative estimate of drug-likeness (QED) is 0.610. The number of aromatic nitrogens is 2. The average molecular weight is 271 g/mol. The number of aliphatic hydroxyl groups excluding tert-OH is 2. The smallest absolute Gasteiger partial charge is 0.349 e. The van der Waals surface area contributed by atoms with Crippen molar-refractivity contribution in [2.75, 3.05) is 12.3 Å². The number of nitrogen functional groups attached to an aromatic ring is 1. The summed E-state index contributed by atoms with van der Waals surface area (Å²) in [4.78, 5) is 15.2. The van der Waals surface area contributed by atoms with Crippen LogP contribution in [0.1, 0.15) is 12.5 Å². The minimum atomic E-state index is -1.92. The van der Waals surface area contributed by atoms with Gasteiger partial charge in [-0.05, 0) is 6.07 Å². The van der Waals surface area contributed by atoms with Crippen LogP contribution in [0.15, 0.2) is 17.1 Å². The van der Waals surface area contributed by atoms with Crippen molar-refractivity contribution in [1.29, 1.82) is 0 Å². The Bertz CT molecular complexity index is 565. The van der Waals surface area contributed by atoms with E-state index in [0.717, 1.165) is 0 Å². The average Bonchev–Trinajstić information content (AvgIpc) is 2.54. The first-order valence-corrected chi connectivity index (χ1v) is 5.95. The van der Waals surface area contributed by atoms with E-state index in [4.69, 9.17) is 15.6 Å². The van der Waals surface area contributed by atoms with Crippen LogP contribution in [-0.2, 0) is 4.74 Å². The molecular weight excluding hydrogens is 257 g/mol. The molecule has 0 radical (unpaired) electrons. The molecule has 0 aromatic carbocycles. The van der Waals surface area contributed by atoms with Gasteiger partial charge in [-0.15, -0.1) is 0 Å². The summed E-state index contributed by atoms with van der Waals surface area (Å²) in [6.45, 7) is -0.467. The van der Waals surface area contributed by atoms with E-state index in [1.165, 1.54) is 16.8 Å². The predicted octanol–water partition coefficient (Wildman–Crippen LogP) is -1.40. The van der Waals surface area contributed by atoms with E-state index in [-0.39, 0.29) is 12.2 Å². The molecule has 5 atom stereocenters. The fourth-order valence-corrected chi connectivity index (χ4v) is 2.83. The van der Waals surface area contributed by atoms with Gasteiger partial charge in [0.2, 0.25) is 0 Å². The fourth-order valence-electron chi connectivity index (χ4n) is 2.83. The lowest BCUT2D eigenvalue weighted by Crippen LogP contribution is -2.59. The van der Waals surface area contributed by atoms with Gasteiger partial charge >= 0.3 is 5.69 Å². The number of aliphatic hydroxyl groups is 2. The van der Waals surface area contributed by atoms with Gasteiger partial charge in [0.15, 0.2) is 5.67 Å². The van der Waals surface area contributed by atoms with Crippen LogP contribution < -0.4 is 11.4 Å². The second-order valence-electron chi connectivity index (χ2n) is 4.96. The SMILES string of the molecule is Nc1ccn(C2C[C@]3(F)C(O)[C@@H](CO)O[C@@H]23)c(=O)n1. The molecule has 0 spiro atoms. The molecule has 7 nitrogen and oxygen atoms in total. The molecule has 1 saturated heterocycles. The molecule has 2 unspecified atom stereocenters. The van der Waals surface area contributed by atoms with Gasteiger partial charge in [0.1, 0.15) is 24.1 Å². The van der Waals surface area contributed by atoms with Crippen LogP contribution in [0.3, 0.4) is 0 Å². The molecule has 1 aromatic heterocycles. The molecule has 2 fully saturated rings. The topological polar surface area (TPSA) is 111 Å². The highest BCUT2D eigenvalue weighted by Gasteiger charge is 2.68. The Kier molecular flexibility index (Phi) is 2.63. The fraction of sp³-hybridized carbons (Fsp3) is 0.636. The zero-order chi connectivity index (χ0) is 13.8. The van der Waals surface area contributed by atoms with Crippen molar-refractivity contribution >= 4 is 5.82 Å². The number of halogens is 1. The number of alkyl halides is 1. The first-order chi connectivity index (χ1) is 8.97. The number of fused-ring (bicyclic) bond motifs is 1. The minimum Gasteiger partial charge on any atom is -0.394 e. The van der Waals surface area contributed by atoms with Gasteiger partial charge in [-0.25, -0.2) is 9.18 Å². The lowest BCUT2D eigenvalue weighted by atomic mass is 9.71. The second-order valence-corrected chi connectivity index (χ2v) is 4.96. The minimum absolute atomic E-state index is 0.0547. The molecule has 1 aromatic rings. The summed E-state index contributed by atoms with van der Waals surface area (Å²) in [5.41, 5.74) is 2.88. The van der Waals surface area contributed by atoms with E-state index >= 15 is 0 Å². The van der Waals surface area contributed by atoms with Crippen molar-refractivity contribution in [3.05, 3.63) is 22.7 Å². The van der Waals surface area contributed by atoms with Crippen LogP contribution >= 0.6 is 0 Å². The van der Waals surface area contributed by atoms with Gasteiger partial charge in [0, 0.05) is 12.6 Å². The van der Waals surface area contributed by atoms with Crippen molar-refractivity contribution < 1.29 is 19.3 Å². The number of hydrogen-bond acceptors (Lipinski definition) is 6. The van der Waals surface area contributed by atoms with Crippen LogP contribution in [0.25, 0.3) is 0 Å². The third-order valence-electron chi connectivity index (χ3n) is 3.90. The molecule has 1 aliphatic heterocycles.